The van der Waals surface area contributed by atoms with Crippen LogP contribution in [-0.4, -0.2) is 40.9 Å². The van der Waals surface area contributed by atoms with Crippen molar-refractivity contribution in [2.75, 3.05) is 11.5 Å². The Kier molecular flexibility index (Phi) is 4.72. The second-order valence-electron chi connectivity index (χ2n) is 6.61. The van der Waals surface area contributed by atoms with Crippen LogP contribution in [0.5, 0.6) is 0 Å². The SMILES string of the molecule is CC1(NC(=O)CCn2cnc3ccc(Br)cc3c2=O)CCS(=O)(=O)C1. The predicted octanol–water partition coefficient (Wildman–Crippen LogP) is 1.24. The van der Waals surface area contributed by atoms with E-state index in [-0.39, 0.29) is 35.9 Å². The van der Waals surface area contributed by atoms with Gasteiger partial charge >= 0.3 is 0 Å². The quantitative estimate of drug-likeness (QED) is 0.791. The fourth-order valence-corrected chi connectivity index (χ4v) is 5.47. The maximum atomic E-state index is 12.5. The number of nitrogens with one attached hydrogen (secondary N) is 1. The normalized spacial score (nSPS) is 22.2. The first-order valence-electron chi connectivity index (χ1n) is 7.84. The van der Waals surface area contributed by atoms with E-state index in [9.17, 15) is 18.0 Å². The largest absolute Gasteiger partial charge is 0.350 e. The Hall–Kier alpha value is -1.74. The van der Waals surface area contributed by atoms with Gasteiger partial charge in [0.2, 0.25) is 5.91 Å². The van der Waals surface area contributed by atoms with Crippen LogP contribution in [0.15, 0.2) is 33.8 Å². The van der Waals surface area contributed by atoms with Crippen LogP contribution >= 0.6 is 15.9 Å². The smallest absolute Gasteiger partial charge is 0.261 e. The number of benzene rings is 1. The van der Waals surface area contributed by atoms with Crippen molar-refractivity contribution in [2.24, 2.45) is 0 Å². The lowest BCUT2D eigenvalue weighted by Gasteiger charge is -2.23. The maximum absolute atomic E-state index is 12.5. The van der Waals surface area contributed by atoms with E-state index in [1.165, 1.54) is 10.9 Å². The van der Waals surface area contributed by atoms with Crippen molar-refractivity contribution in [2.45, 2.75) is 31.8 Å². The number of rotatable bonds is 4. The van der Waals surface area contributed by atoms with Gasteiger partial charge in [0.25, 0.3) is 5.56 Å². The Morgan fingerprint density at radius 2 is 2.20 bits per heavy atom. The highest BCUT2D eigenvalue weighted by Crippen LogP contribution is 2.22. The molecule has 2 aromatic rings. The molecule has 1 N–H and O–H groups in total. The fourth-order valence-electron chi connectivity index (χ4n) is 3.02. The zero-order chi connectivity index (χ0) is 18.2. The minimum Gasteiger partial charge on any atom is -0.350 e. The van der Waals surface area contributed by atoms with Crippen LogP contribution in [0.25, 0.3) is 10.9 Å². The van der Waals surface area contributed by atoms with Crippen LogP contribution in [0.4, 0.5) is 0 Å². The summed E-state index contributed by atoms with van der Waals surface area (Å²) in [6.07, 6.45) is 1.91. The summed E-state index contributed by atoms with van der Waals surface area (Å²) >= 11 is 3.33. The lowest BCUT2D eigenvalue weighted by atomic mass is 10.0. The molecule has 9 heteroatoms. The van der Waals surface area contributed by atoms with Crippen molar-refractivity contribution in [3.8, 4) is 0 Å². The van der Waals surface area contributed by atoms with Gasteiger partial charge in [0, 0.05) is 17.4 Å². The number of sulfone groups is 1. The summed E-state index contributed by atoms with van der Waals surface area (Å²) in [6.45, 7) is 1.92. The van der Waals surface area contributed by atoms with Gasteiger partial charge in [-0.05, 0) is 31.5 Å². The Morgan fingerprint density at radius 3 is 2.88 bits per heavy atom. The summed E-state index contributed by atoms with van der Waals surface area (Å²) in [5.74, 6) is -0.231. The molecule has 1 unspecified atom stereocenters. The third-order valence-electron chi connectivity index (χ3n) is 4.31. The molecule has 1 aliphatic heterocycles. The van der Waals surface area contributed by atoms with Gasteiger partial charge in [-0.2, -0.15) is 0 Å². The molecule has 1 atom stereocenters. The topological polar surface area (TPSA) is 98.1 Å². The second-order valence-corrected chi connectivity index (χ2v) is 9.71. The van der Waals surface area contributed by atoms with Gasteiger partial charge in [-0.3, -0.25) is 14.2 Å². The molecule has 0 aliphatic carbocycles. The molecule has 1 aromatic heterocycles. The summed E-state index contributed by atoms with van der Waals surface area (Å²) < 4.78 is 25.4. The molecule has 3 rings (SSSR count). The average molecular weight is 428 g/mol. The predicted molar refractivity (Wildman–Crippen MR) is 98.1 cm³/mol. The van der Waals surface area contributed by atoms with E-state index in [0.717, 1.165) is 4.47 Å². The fraction of sp³-hybridized carbons (Fsp3) is 0.438. The Bertz CT molecular complexity index is 1000. The average Bonchev–Trinajstić information content (AvgIpc) is 2.80. The molecule has 0 saturated carbocycles. The van der Waals surface area contributed by atoms with Crippen LogP contribution < -0.4 is 10.9 Å². The van der Waals surface area contributed by atoms with Gasteiger partial charge in [-0.1, -0.05) is 15.9 Å². The Morgan fingerprint density at radius 1 is 1.44 bits per heavy atom. The highest BCUT2D eigenvalue weighted by atomic mass is 79.9. The number of carbonyl (C=O) groups excluding carboxylic acids is 1. The molecule has 1 saturated heterocycles. The van der Waals surface area contributed by atoms with Crippen molar-refractivity contribution in [1.29, 1.82) is 0 Å². The van der Waals surface area contributed by atoms with Gasteiger partial charge < -0.3 is 5.32 Å². The van der Waals surface area contributed by atoms with E-state index in [4.69, 9.17) is 0 Å². The molecule has 1 fully saturated rings. The van der Waals surface area contributed by atoms with Crippen molar-refractivity contribution in [1.82, 2.24) is 14.9 Å². The molecule has 0 spiro atoms. The van der Waals surface area contributed by atoms with E-state index < -0.39 is 15.4 Å². The van der Waals surface area contributed by atoms with Crippen molar-refractivity contribution in [3.63, 3.8) is 0 Å². The van der Waals surface area contributed by atoms with E-state index in [2.05, 4.69) is 26.2 Å². The molecule has 25 heavy (non-hydrogen) atoms. The molecular formula is C16H18BrN3O4S. The van der Waals surface area contributed by atoms with Crippen LogP contribution in [-0.2, 0) is 21.2 Å². The molecule has 7 nitrogen and oxygen atoms in total. The summed E-state index contributed by atoms with van der Waals surface area (Å²) in [5, 5.41) is 3.26. The summed E-state index contributed by atoms with van der Waals surface area (Å²) in [7, 11) is -3.09. The first-order chi connectivity index (χ1) is 11.7. The van der Waals surface area contributed by atoms with Gasteiger partial charge in [-0.15, -0.1) is 0 Å². The third kappa shape index (κ3) is 4.09. The summed E-state index contributed by atoms with van der Waals surface area (Å²) in [6, 6.07) is 5.26. The zero-order valence-corrected chi connectivity index (χ0v) is 16.1. The van der Waals surface area contributed by atoms with Gasteiger partial charge in [-0.25, -0.2) is 13.4 Å². The molecule has 1 amide bonds. The molecule has 2 heterocycles. The number of fused-ring (bicyclic) bond motifs is 1. The number of hydrogen-bond donors (Lipinski definition) is 1. The van der Waals surface area contributed by atoms with Crippen molar-refractivity contribution < 1.29 is 13.2 Å². The molecule has 1 aliphatic rings. The summed E-state index contributed by atoms with van der Waals surface area (Å²) in [5.41, 5.74) is -0.348. The van der Waals surface area contributed by atoms with E-state index in [0.29, 0.717) is 17.3 Å². The van der Waals surface area contributed by atoms with Crippen molar-refractivity contribution in [3.05, 3.63) is 39.4 Å². The number of aromatic nitrogens is 2. The maximum Gasteiger partial charge on any atom is 0.261 e. The van der Waals surface area contributed by atoms with Crippen LogP contribution in [0.2, 0.25) is 0 Å². The molecule has 1 aromatic carbocycles. The molecule has 0 radical (unpaired) electrons. The van der Waals surface area contributed by atoms with Gasteiger partial charge in [0.1, 0.15) is 0 Å². The highest BCUT2D eigenvalue weighted by molar-refractivity contribution is 9.10. The standard InChI is InChI=1S/C16H18BrN3O4S/c1-16(5-7-25(23,24)9-16)19-14(21)4-6-20-10-18-13-3-2-11(17)8-12(13)15(20)22/h2-3,8,10H,4-7,9H2,1H3,(H,19,21). The lowest BCUT2D eigenvalue weighted by molar-refractivity contribution is -0.122. The molecule has 134 valence electrons. The number of amides is 1. The van der Waals surface area contributed by atoms with Crippen LogP contribution in [0, 0.1) is 0 Å². The monoisotopic (exact) mass is 427 g/mol. The number of carbonyl (C=O) groups is 1. The number of hydrogen-bond acceptors (Lipinski definition) is 5. The second kappa shape index (κ2) is 6.53. The van der Waals surface area contributed by atoms with Crippen LogP contribution in [0.3, 0.4) is 0 Å². The summed E-state index contributed by atoms with van der Waals surface area (Å²) in [4.78, 5) is 28.9. The first kappa shape index (κ1) is 18.1. The number of halogens is 1. The third-order valence-corrected chi connectivity index (χ3v) is 6.71. The van der Waals surface area contributed by atoms with E-state index in [1.54, 1.807) is 19.1 Å². The highest BCUT2D eigenvalue weighted by Gasteiger charge is 2.39. The lowest BCUT2D eigenvalue weighted by Crippen LogP contribution is -2.47. The minimum atomic E-state index is -3.09. The number of nitrogens with zero attached hydrogens (tertiary/aromatic N) is 2. The Balaban J connectivity index is 1.69. The molecular weight excluding hydrogens is 410 g/mol. The van der Waals surface area contributed by atoms with Crippen molar-refractivity contribution >= 4 is 42.6 Å². The minimum absolute atomic E-state index is 0.0444. The zero-order valence-electron chi connectivity index (χ0n) is 13.7. The van der Waals surface area contributed by atoms with E-state index >= 15 is 0 Å². The van der Waals surface area contributed by atoms with Gasteiger partial charge in [0.05, 0.1) is 34.3 Å². The molecule has 0 bridgehead atoms. The van der Waals surface area contributed by atoms with E-state index in [1.807, 2.05) is 6.07 Å². The van der Waals surface area contributed by atoms with Crippen LogP contribution in [0.1, 0.15) is 19.8 Å². The Labute approximate surface area is 153 Å². The number of aryl methyl sites for hydroxylation is 1. The first-order valence-corrected chi connectivity index (χ1v) is 10.5. The van der Waals surface area contributed by atoms with Gasteiger partial charge in [0.15, 0.2) is 9.84 Å².